The highest BCUT2D eigenvalue weighted by molar-refractivity contribution is 5.91. The van der Waals surface area contributed by atoms with Gasteiger partial charge in [0, 0.05) is 12.1 Å². The van der Waals surface area contributed by atoms with E-state index >= 15 is 0 Å². The molecule has 0 unspecified atom stereocenters. The first-order chi connectivity index (χ1) is 9.88. The summed E-state index contributed by atoms with van der Waals surface area (Å²) < 4.78 is 5.38. The highest BCUT2D eigenvalue weighted by Gasteiger charge is 2.13. The van der Waals surface area contributed by atoms with Crippen molar-refractivity contribution in [2.24, 2.45) is 0 Å². The van der Waals surface area contributed by atoms with Crippen LogP contribution in [0.5, 0.6) is 5.75 Å². The molecule has 0 amide bonds. The lowest BCUT2D eigenvalue weighted by Crippen LogP contribution is -2.10. The molecule has 0 saturated heterocycles. The van der Waals surface area contributed by atoms with E-state index in [0.29, 0.717) is 5.75 Å². The van der Waals surface area contributed by atoms with E-state index in [4.69, 9.17) is 4.74 Å². The number of carbonyl (C=O) groups excluding carboxylic acids is 1. The van der Waals surface area contributed by atoms with Crippen molar-refractivity contribution in [1.29, 1.82) is 0 Å². The normalized spacial score (nSPS) is 10.2. The molecule has 0 aliphatic heterocycles. The lowest BCUT2D eigenvalue weighted by atomic mass is 10.1. The summed E-state index contributed by atoms with van der Waals surface area (Å²) in [5, 5.41) is 10.6. The molecule has 0 saturated carbocycles. The summed E-state index contributed by atoms with van der Waals surface area (Å²) in [5.74, 6) is -0.0196. The fourth-order valence-corrected chi connectivity index (χ4v) is 1.98. The Kier molecular flexibility index (Phi) is 4.03. The molecule has 0 bridgehead atoms. The van der Waals surface area contributed by atoms with Crippen molar-refractivity contribution in [2.75, 3.05) is 0 Å². The zero-order valence-electron chi connectivity index (χ0n) is 12.0. The summed E-state index contributed by atoms with van der Waals surface area (Å²) >= 11 is 0. The van der Waals surface area contributed by atoms with Gasteiger partial charge in [-0.1, -0.05) is 6.07 Å². The maximum absolute atomic E-state index is 12.1. The maximum Gasteiger partial charge on any atom is 0.343 e. The molecule has 5 nitrogen and oxygen atoms in total. The van der Waals surface area contributed by atoms with Crippen LogP contribution in [0.4, 0.5) is 5.69 Å². The second-order valence-electron chi connectivity index (χ2n) is 4.90. The number of hydrogen-bond acceptors (Lipinski definition) is 4. The number of nitro benzene ring substituents is 1. The molecule has 0 aliphatic rings. The monoisotopic (exact) mass is 285 g/mol. The van der Waals surface area contributed by atoms with Crippen LogP contribution in [0, 0.1) is 30.9 Å². The van der Waals surface area contributed by atoms with Crippen molar-refractivity contribution >= 4 is 11.7 Å². The minimum Gasteiger partial charge on any atom is -0.423 e. The van der Waals surface area contributed by atoms with Crippen molar-refractivity contribution in [1.82, 2.24) is 0 Å². The molecule has 0 radical (unpaired) electrons. The number of aryl methyl sites for hydroxylation is 2. The number of nitro groups is 1. The molecular weight excluding hydrogens is 270 g/mol. The lowest BCUT2D eigenvalue weighted by Gasteiger charge is -2.10. The summed E-state index contributed by atoms with van der Waals surface area (Å²) in [4.78, 5) is 22.1. The van der Waals surface area contributed by atoms with Crippen LogP contribution >= 0.6 is 0 Å². The van der Waals surface area contributed by atoms with E-state index in [9.17, 15) is 14.9 Å². The van der Waals surface area contributed by atoms with Gasteiger partial charge >= 0.3 is 5.97 Å². The van der Waals surface area contributed by atoms with Crippen molar-refractivity contribution in [3.8, 4) is 5.75 Å². The van der Waals surface area contributed by atoms with Gasteiger partial charge in [-0.15, -0.1) is 0 Å². The zero-order chi connectivity index (χ0) is 15.6. The summed E-state index contributed by atoms with van der Waals surface area (Å²) in [7, 11) is 0. The van der Waals surface area contributed by atoms with E-state index < -0.39 is 10.9 Å². The van der Waals surface area contributed by atoms with E-state index in [0.717, 1.165) is 16.7 Å². The highest BCUT2D eigenvalue weighted by Crippen LogP contribution is 2.24. The van der Waals surface area contributed by atoms with E-state index in [1.54, 1.807) is 6.07 Å². The SMILES string of the molecule is Cc1cc(C)c(C)c(OC(=O)c2ccc([N+](=O)[O-])cc2)c1. The minimum absolute atomic E-state index is 0.0610. The van der Waals surface area contributed by atoms with Gasteiger partial charge in [-0.25, -0.2) is 4.79 Å². The maximum atomic E-state index is 12.1. The molecule has 0 atom stereocenters. The first-order valence-electron chi connectivity index (χ1n) is 6.43. The molecule has 0 N–H and O–H groups in total. The Hall–Kier alpha value is -2.69. The number of hydrogen-bond donors (Lipinski definition) is 0. The van der Waals surface area contributed by atoms with Crippen molar-refractivity contribution in [3.63, 3.8) is 0 Å². The van der Waals surface area contributed by atoms with Gasteiger partial charge < -0.3 is 4.74 Å². The predicted molar refractivity (Wildman–Crippen MR) is 78.7 cm³/mol. The van der Waals surface area contributed by atoms with Gasteiger partial charge in [-0.05, 0) is 55.7 Å². The summed E-state index contributed by atoms with van der Waals surface area (Å²) in [6.07, 6.45) is 0. The standard InChI is InChI=1S/C16H15NO4/c1-10-8-11(2)12(3)15(9-10)21-16(18)13-4-6-14(7-5-13)17(19)20/h4-9H,1-3H3. The van der Waals surface area contributed by atoms with E-state index in [2.05, 4.69) is 0 Å². The second kappa shape index (κ2) is 5.75. The molecule has 0 aromatic heterocycles. The van der Waals surface area contributed by atoms with Crippen LogP contribution < -0.4 is 4.74 Å². The fourth-order valence-electron chi connectivity index (χ4n) is 1.98. The van der Waals surface area contributed by atoms with Gasteiger partial charge in [0.25, 0.3) is 5.69 Å². The van der Waals surface area contributed by atoms with Crippen LogP contribution in [0.2, 0.25) is 0 Å². The number of esters is 1. The van der Waals surface area contributed by atoms with Gasteiger partial charge in [0.2, 0.25) is 0 Å². The number of carbonyl (C=O) groups is 1. The molecule has 5 heteroatoms. The Labute approximate surface area is 122 Å². The second-order valence-corrected chi connectivity index (χ2v) is 4.90. The van der Waals surface area contributed by atoms with E-state index in [1.807, 2.05) is 26.8 Å². The third-order valence-corrected chi connectivity index (χ3v) is 3.28. The lowest BCUT2D eigenvalue weighted by molar-refractivity contribution is -0.384. The first-order valence-corrected chi connectivity index (χ1v) is 6.43. The fraction of sp³-hybridized carbons (Fsp3) is 0.188. The Bertz CT molecular complexity index is 705. The van der Waals surface area contributed by atoms with Crippen LogP contribution in [0.3, 0.4) is 0 Å². The molecule has 0 aliphatic carbocycles. The van der Waals surface area contributed by atoms with Crippen LogP contribution in [-0.4, -0.2) is 10.9 Å². The molecule has 0 fully saturated rings. The van der Waals surface area contributed by atoms with E-state index in [1.165, 1.54) is 24.3 Å². The van der Waals surface area contributed by atoms with Crippen LogP contribution in [0.15, 0.2) is 36.4 Å². The van der Waals surface area contributed by atoms with Crippen LogP contribution in [0.1, 0.15) is 27.0 Å². The Morgan fingerprint density at radius 1 is 1.10 bits per heavy atom. The van der Waals surface area contributed by atoms with Crippen molar-refractivity contribution in [2.45, 2.75) is 20.8 Å². The topological polar surface area (TPSA) is 69.4 Å². The molecule has 2 aromatic rings. The molecule has 108 valence electrons. The van der Waals surface area contributed by atoms with Gasteiger partial charge in [-0.3, -0.25) is 10.1 Å². The molecule has 0 heterocycles. The third kappa shape index (κ3) is 3.25. The summed E-state index contributed by atoms with van der Waals surface area (Å²) in [6.45, 7) is 5.76. The van der Waals surface area contributed by atoms with Gasteiger partial charge in [-0.2, -0.15) is 0 Å². The van der Waals surface area contributed by atoms with Crippen molar-refractivity contribution < 1.29 is 14.5 Å². The average Bonchev–Trinajstić information content (AvgIpc) is 2.44. The first kappa shape index (κ1) is 14.7. The Balaban J connectivity index is 2.24. The average molecular weight is 285 g/mol. The number of non-ortho nitro benzene ring substituents is 1. The van der Waals surface area contributed by atoms with Crippen molar-refractivity contribution in [3.05, 3.63) is 68.8 Å². The minimum atomic E-state index is -0.530. The number of benzene rings is 2. The predicted octanol–water partition coefficient (Wildman–Crippen LogP) is 3.74. The van der Waals surface area contributed by atoms with Gasteiger partial charge in [0.15, 0.2) is 0 Å². The van der Waals surface area contributed by atoms with Gasteiger partial charge in [0.05, 0.1) is 10.5 Å². The Morgan fingerprint density at radius 3 is 2.29 bits per heavy atom. The Morgan fingerprint density at radius 2 is 1.71 bits per heavy atom. The number of ether oxygens (including phenoxy) is 1. The molecule has 21 heavy (non-hydrogen) atoms. The largest absolute Gasteiger partial charge is 0.423 e. The summed E-state index contributed by atoms with van der Waals surface area (Å²) in [5.41, 5.74) is 3.16. The number of nitrogens with zero attached hydrogens (tertiary/aromatic N) is 1. The summed E-state index contributed by atoms with van der Waals surface area (Å²) in [6, 6.07) is 9.15. The molecule has 0 spiro atoms. The number of rotatable bonds is 3. The third-order valence-electron chi connectivity index (χ3n) is 3.28. The highest BCUT2D eigenvalue weighted by atomic mass is 16.6. The smallest absolute Gasteiger partial charge is 0.343 e. The quantitative estimate of drug-likeness (QED) is 0.373. The van der Waals surface area contributed by atoms with Gasteiger partial charge in [0.1, 0.15) is 5.75 Å². The van der Waals surface area contributed by atoms with Crippen LogP contribution in [-0.2, 0) is 0 Å². The molecular formula is C16H15NO4. The molecule has 2 rings (SSSR count). The van der Waals surface area contributed by atoms with Crippen LogP contribution in [0.25, 0.3) is 0 Å². The zero-order valence-corrected chi connectivity index (χ0v) is 12.0. The van der Waals surface area contributed by atoms with E-state index in [-0.39, 0.29) is 11.3 Å². The molecule has 2 aromatic carbocycles.